The predicted molar refractivity (Wildman–Crippen MR) is 126 cm³/mol. The lowest BCUT2D eigenvalue weighted by Gasteiger charge is -2.34. The molecular formula is C22H30I2O. The summed E-state index contributed by atoms with van der Waals surface area (Å²) in [6, 6.07) is 2.26. The van der Waals surface area contributed by atoms with E-state index in [1.54, 1.807) is 0 Å². The Kier molecular flexibility index (Phi) is 6.51. The highest BCUT2D eigenvalue weighted by Gasteiger charge is 2.65. The number of carbonyl (C=O) groups is 1. The average molecular weight is 564 g/mol. The maximum Gasteiger partial charge on any atom is 0.165 e. The Balaban J connectivity index is 0.00000109. The van der Waals surface area contributed by atoms with Gasteiger partial charge in [-0.3, -0.25) is 4.79 Å². The number of carbonyl (C=O) groups excluding carboxylic acids is 1. The number of hydrogen-bond acceptors (Lipinski definition) is 1. The normalized spacial score (nSPS) is 28.3. The van der Waals surface area contributed by atoms with Crippen LogP contribution in [0.5, 0.6) is 0 Å². The summed E-state index contributed by atoms with van der Waals surface area (Å²) < 4.78 is 0. The van der Waals surface area contributed by atoms with Gasteiger partial charge < -0.3 is 0 Å². The first-order valence-electron chi connectivity index (χ1n) is 9.15. The minimum absolute atomic E-state index is 0.105. The molecule has 0 amide bonds. The topological polar surface area (TPSA) is 17.1 Å². The quantitative estimate of drug-likeness (QED) is 0.269. The van der Waals surface area contributed by atoms with Crippen LogP contribution in [0.15, 0.2) is 11.6 Å². The number of Topliss-reactive ketones (excluding diaryl/α,β-unsaturated/α-hetero) is 1. The van der Waals surface area contributed by atoms with Gasteiger partial charge in [-0.15, -0.1) is 0 Å². The summed E-state index contributed by atoms with van der Waals surface area (Å²) in [5, 5.41) is 0. The van der Waals surface area contributed by atoms with Crippen molar-refractivity contribution < 1.29 is 4.79 Å². The average Bonchev–Trinajstić information content (AvgIpc) is 2.94. The lowest BCUT2D eigenvalue weighted by Crippen LogP contribution is -2.35. The van der Waals surface area contributed by atoms with Crippen molar-refractivity contribution in [1.29, 1.82) is 0 Å². The fraction of sp³-hybridized carbons (Fsp3) is 0.591. The molecule has 1 aromatic carbocycles. The van der Waals surface area contributed by atoms with Crippen LogP contribution in [0.1, 0.15) is 67.9 Å². The Hall–Kier alpha value is 0.0900. The van der Waals surface area contributed by atoms with E-state index >= 15 is 0 Å². The molecule has 0 heterocycles. The molecule has 25 heavy (non-hydrogen) atoms. The molecule has 2 aliphatic rings. The standard InChI is InChI=1S/C22H30O.I2/c1-8-22-10-9-19(21(22,6)7)18(20(22)23)12-17-11-13(2)14(3)15(4)16(17)5;1-2/h11-12,19H,8-10H2,1-7H3;/b18-12+;. The van der Waals surface area contributed by atoms with Gasteiger partial charge in [0, 0.05) is 42.6 Å². The van der Waals surface area contributed by atoms with Gasteiger partial charge in [-0.2, -0.15) is 0 Å². The third-order valence-corrected chi connectivity index (χ3v) is 7.47. The van der Waals surface area contributed by atoms with Crippen LogP contribution in [0, 0.1) is 44.4 Å². The molecule has 0 radical (unpaired) electrons. The van der Waals surface area contributed by atoms with Gasteiger partial charge >= 0.3 is 0 Å². The summed E-state index contributed by atoms with van der Waals surface area (Å²) in [6.07, 6.45) is 5.43. The van der Waals surface area contributed by atoms with Crippen molar-refractivity contribution in [2.45, 2.75) is 67.7 Å². The van der Waals surface area contributed by atoms with Crippen LogP contribution in [0.3, 0.4) is 0 Å². The monoisotopic (exact) mass is 564 g/mol. The first-order chi connectivity index (χ1) is 11.7. The highest BCUT2D eigenvalue weighted by molar-refractivity contribution is 15.0. The van der Waals surface area contributed by atoms with Crippen LogP contribution < -0.4 is 0 Å². The fourth-order valence-electron chi connectivity index (χ4n) is 5.31. The molecule has 0 saturated heterocycles. The lowest BCUT2D eigenvalue weighted by molar-refractivity contribution is -0.126. The van der Waals surface area contributed by atoms with E-state index in [2.05, 4.69) is 97.8 Å². The number of fused-ring (bicyclic) bond motifs is 2. The minimum Gasteiger partial charge on any atom is -0.294 e. The smallest absolute Gasteiger partial charge is 0.165 e. The highest BCUT2D eigenvalue weighted by atomic mass is 128. The third-order valence-electron chi connectivity index (χ3n) is 7.47. The van der Waals surface area contributed by atoms with Crippen LogP contribution in [-0.4, -0.2) is 5.78 Å². The Labute approximate surface area is 176 Å². The second kappa shape index (κ2) is 7.61. The van der Waals surface area contributed by atoms with Gasteiger partial charge in [-0.05, 0) is 97.8 Å². The molecular weight excluding hydrogens is 534 g/mol. The number of rotatable bonds is 2. The number of aryl methyl sites for hydroxylation is 1. The zero-order valence-corrected chi connectivity index (χ0v) is 20.8. The van der Waals surface area contributed by atoms with Gasteiger partial charge in [0.15, 0.2) is 5.78 Å². The Morgan fingerprint density at radius 2 is 1.72 bits per heavy atom. The number of hydrogen-bond donors (Lipinski definition) is 0. The van der Waals surface area contributed by atoms with Gasteiger partial charge in [0.05, 0.1) is 0 Å². The second-order valence-electron chi connectivity index (χ2n) is 8.34. The predicted octanol–water partition coefficient (Wildman–Crippen LogP) is 7.49. The van der Waals surface area contributed by atoms with Crippen LogP contribution >= 0.6 is 37.2 Å². The van der Waals surface area contributed by atoms with Gasteiger partial charge in [0.25, 0.3) is 0 Å². The number of ketones is 1. The molecule has 2 saturated carbocycles. The summed E-state index contributed by atoms with van der Waals surface area (Å²) >= 11 is 4.24. The van der Waals surface area contributed by atoms with E-state index in [4.69, 9.17) is 0 Å². The minimum atomic E-state index is -0.119. The largest absolute Gasteiger partial charge is 0.294 e. The van der Waals surface area contributed by atoms with Crippen molar-refractivity contribution in [2.24, 2.45) is 16.7 Å². The van der Waals surface area contributed by atoms with E-state index in [1.165, 1.54) is 34.2 Å². The third kappa shape index (κ3) is 3.05. The van der Waals surface area contributed by atoms with Crippen LogP contribution in [-0.2, 0) is 4.79 Å². The van der Waals surface area contributed by atoms with E-state index in [0.717, 1.165) is 18.4 Å². The number of benzene rings is 1. The Morgan fingerprint density at radius 1 is 1.12 bits per heavy atom. The van der Waals surface area contributed by atoms with Crippen molar-refractivity contribution in [3.05, 3.63) is 39.5 Å². The van der Waals surface area contributed by atoms with E-state index in [-0.39, 0.29) is 10.8 Å². The number of allylic oxidation sites excluding steroid dienone is 1. The van der Waals surface area contributed by atoms with Crippen molar-refractivity contribution >= 4 is 49.1 Å². The molecule has 1 aromatic rings. The second-order valence-corrected chi connectivity index (χ2v) is 8.34. The first kappa shape index (κ1) is 21.4. The summed E-state index contributed by atoms with van der Waals surface area (Å²) in [5.74, 6) is 0.854. The lowest BCUT2D eigenvalue weighted by atomic mass is 9.67. The molecule has 1 nitrogen and oxygen atoms in total. The summed E-state index contributed by atoms with van der Waals surface area (Å²) in [6.45, 7) is 15.6. The molecule has 2 bridgehead atoms. The van der Waals surface area contributed by atoms with Crippen LogP contribution in [0.25, 0.3) is 6.08 Å². The summed E-state index contributed by atoms with van der Waals surface area (Å²) in [7, 11) is 0. The molecule has 2 aliphatic carbocycles. The van der Waals surface area contributed by atoms with Crippen LogP contribution in [0.4, 0.5) is 0 Å². The molecule has 2 atom stereocenters. The summed E-state index contributed by atoms with van der Waals surface area (Å²) in [5.41, 5.74) is 7.68. The fourth-order valence-corrected chi connectivity index (χ4v) is 5.31. The van der Waals surface area contributed by atoms with Crippen molar-refractivity contribution in [3.8, 4) is 0 Å². The maximum atomic E-state index is 13.2. The van der Waals surface area contributed by atoms with Gasteiger partial charge in [0.1, 0.15) is 0 Å². The van der Waals surface area contributed by atoms with E-state index in [0.29, 0.717) is 11.7 Å². The van der Waals surface area contributed by atoms with Gasteiger partial charge in [0.2, 0.25) is 0 Å². The zero-order chi connectivity index (χ0) is 19.2. The van der Waals surface area contributed by atoms with Crippen LogP contribution in [0.2, 0.25) is 0 Å². The summed E-state index contributed by atoms with van der Waals surface area (Å²) in [4.78, 5) is 13.2. The Morgan fingerprint density at radius 3 is 2.24 bits per heavy atom. The molecule has 0 aliphatic heterocycles. The highest BCUT2D eigenvalue weighted by Crippen LogP contribution is 2.67. The first-order valence-corrected chi connectivity index (χ1v) is 15.4. The van der Waals surface area contributed by atoms with Crippen molar-refractivity contribution in [1.82, 2.24) is 0 Å². The molecule has 2 fully saturated rings. The van der Waals surface area contributed by atoms with Crippen molar-refractivity contribution in [2.75, 3.05) is 0 Å². The molecule has 3 rings (SSSR count). The van der Waals surface area contributed by atoms with E-state index in [1.807, 2.05) is 0 Å². The zero-order valence-electron chi connectivity index (χ0n) is 16.5. The molecule has 0 spiro atoms. The molecule has 2 unspecified atom stereocenters. The van der Waals surface area contributed by atoms with Gasteiger partial charge in [-0.1, -0.05) is 26.8 Å². The van der Waals surface area contributed by atoms with Gasteiger partial charge in [-0.25, -0.2) is 0 Å². The molecule has 0 aromatic heterocycles. The van der Waals surface area contributed by atoms with E-state index < -0.39 is 0 Å². The SMILES string of the molecule is CCC12CCC(/C(=C\c3cc(C)c(C)c(C)c3C)C1=O)C2(C)C.II. The molecule has 0 N–H and O–H groups in total. The Bertz CT molecular complexity index is 730. The maximum absolute atomic E-state index is 13.2. The molecule has 138 valence electrons. The molecule has 3 heteroatoms. The van der Waals surface area contributed by atoms with E-state index in [9.17, 15) is 4.79 Å². The number of halogens is 2. The van der Waals surface area contributed by atoms with Crippen molar-refractivity contribution in [3.63, 3.8) is 0 Å².